The van der Waals surface area contributed by atoms with Crippen molar-refractivity contribution in [2.75, 3.05) is 38.7 Å². The van der Waals surface area contributed by atoms with Crippen molar-refractivity contribution in [3.05, 3.63) is 46.7 Å². The quantitative estimate of drug-likeness (QED) is 0.287. The van der Waals surface area contributed by atoms with E-state index >= 15 is 0 Å². The summed E-state index contributed by atoms with van der Waals surface area (Å²) in [6.07, 6.45) is -1.32. The molecule has 1 saturated carbocycles. The Morgan fingerprint density at radius 2 is 2.07 bits per heavy atom. The van der Waals surface area contributed by atoms with Crippen LogP contribution >= 0.6 is 11.3 Å². The number of benzene rings is 1. The van der Waals surface area contributed by atoms with Crippen LogP contribution in [0, 0.1) is 17.2 Å². The fraction of sp³-hybridized carbons (Fsp3) is 0.484. The van der Waals surface area contributed by atoms with Crippen LogP contribution in [-0.2, 0) is 29.0 Å². The zero-order valence-electron chi connectivity index (χ0n) is 24.6. The monoisotopic (exact) mass is 639 g/mol. The van der Waals surface area contributed by atoms with Gasteiger partial charge in [-0.2, -0.15) is 18.4 Å². The minimum absolute atomic E-state index is 0.0732. The number of amides is 1. The van der Waals surface area contributed by atoms with Gasteiger partial charge < -0.3 is 24.7 Å². The van der Waals surface area contributed by atoms with Gasteiger partial charge in [-0.1, -0.05) is 0 Å². The Bertz CT molecular complexity index is 1800. The molecular formula is C31H32F3N7O3S. The molecule has 3 aromatic heterocycles. The number of aromatic nitrogens is 3. The molecule has 4 aromatic rings. The Morgan fingerprint density at radius 3 is 2.78 bits per heavy atom. The Morgan fingerprint density at radius 1 is 1.24 bits per heavy atom. The molecule has 2 aliphatic heterocycles. The molecule has 45 heavy (non-hydrogen) atoms. The van der Waals surface area contributed by atoms with Gasteiger partial charge in [0.2, 0.25) is 5.91 Å². The van der Waals surface area contributed by atoms with Crippen LogP contribution in [0.2, 0.25) is 0 Å². The number of methoxy groups -OCH3 is 1. The van der Waals surface area contributed by atoms with Gasteiger partial charge in [0.25, 0.3) is 0 Å². The van der Waals surface area contributed by atoms with Crippen LogP contribution < -0.4 is 15.4 Å². The number of likely N-dealkylation sites (tertiary alicyclic amines) is 1. The number of hydrogen-bond acceptors (Lipinski definition) is 9. The fourth-order valence-corrected chi connectivity index (χ4v) is 7.70. The standard InChI is InChI=1S/C31H32F3N7O3S/c1-43-26-9-25-18(7-22(12-35)41(25)14-20-10-30(20)16-36-27(42)15-44-30)6-19(26)13-40-4-2-21(3-5-40)39-28-24-8-23(11-31(32,33)34)45-29(24)38-17-37-28/h6-9,17,20-21H,2-5,10-11,13-16H2,1H3,(H,36,42)(H,37,38,39)/t20-,30?/m0/s1. The van der Waals surface area contributed by atoms with Crippen molar-refractivity contribution in [1.29, 1.82) is 5.26 Å². The number of nitrogens with zero attached hydrogens (tertiary/aromatic N) is 5. The van der Waals surface area contributed by atoms with Crippen molar-refractivity contribution in [2.45, 2.75) is 56.6 Å². The number of hydrogen-bond donors (Lipinski definition) is 2. The summed E-state index contributed by atoms with van der Waals surface area (Å²) in [5, 5.41) is 17.9. The molecule has 5 heterocycles. The molecule has 236 valence electrons. The number of carbonyl (C=O) groups excluding carboxylic acids is 1. The topological polar surface area (TPSA) is 117 Å². The molecule has 2 N–H and O–H groups in total. The van der Waals surface area contributed by atoms with Crippen molar-refractivity contribution in [3.63, 3.8) is 0 Å². The predicted octanol–water partition coefficient (Wildman–Crippen LogP) is 4.61. The van der Waals surface area contributed by atoms with Crippen molar-refractivity contribution in [2.24, 2.45) is 5.92 Å². The second kappa shape index (κ2) is 11.5. The smallest absolute Gasteiger partial charge is 0.393 e. The first-order valence-electron chi connectivity index (χ1n) is 14.9. The summed E-state index contributed by atoms with van der Waals surface area (Å²) >= 11 is 1.05. The first kappa shape index (κ1) is 29.8. The number of piperidine rings is 1. The lowest BCUT2D eigenvalue weighted by atomic mass is 10.0. The van der Waals surface area contributed by atoms with E-state index in [9.17, 15) is 23.2 Å². The summed E-state index contributed by atoms with van der Waals surface area (Å²) in [5.74, 6) is 1.44. The SMILES string of the molecule is COc1cc2c(cc1CN1CCC(Nc3ncnc4sc(CC(F)(F)F)cc34)CC1)cc(C#N)n2C[C@@H]1CC12CNC(=O)CO2. The molecule has 0 radical (unpaired) electrons. The second-order valence-electron chi connectivity index (χ2n) is 12.1. The van der Waals surface area contributed by atoms with E-state index in [-0.39, 0.29) is 35.0 Å². The summed E-state index contributed by atoms with van der Waals surface area (Å²) in [7, 11) is 1.65. The molecule has 1 aliphatic carbocycles. The molecule has 1 aromatic carbocycles. The maximum absolute atomic E-state index is 12.9. The van der Waals surface area contributed by atoms with Crippen LogP contribution in [0.25, 0.3) is 21.1 Å². The molecule has 2 atom stereocenters. The van der Waals surface area contributed by atoms with E-state index in [4.69, 9.17) is 9.47 Å². The molecule has 3 fully saturated rings. The van der Waals surface area contributed by atoms with Crippen LogP contribution in [0.5, 0.6) is 5.75 Å². The summed E-state index contributed by atoms with van der Waals surface area (Å²) in [5.41, 5.74) is 2.20. The van der Waals surface area contributed by atoms with Crippen LogP contribution in [0.1, 0.15) is 35.4 Å². The van der Waals surface area contributed by atoms with Gasteiger partial charge in [-0.25, -0.2) is 9.97 Å². The van der Waals surface area contributed by atoms with Crippen LogP contribution in [0.4, 0.5) is 19.0 Å². The van der Waals surface area contributed by atoms with E-state index < -0.39 is 12.6 Å². The average molecular weight is 640 g/mol. The Hall–Kier alpha value is -3.93. The summed E-state index contributed by atoms with van der Waals surface area (Å²) in [6.45, 7) is 3.52. The highest BCUT2D eigenvalue weighted by atomic mass is 32.1. The molecule has 3 aliphatic rings. The third-order valence-electron chi connectivity index (χ3n) is 9.15. The van der Waals surface area contributed by atoms with Crippen molar-refractivity contribution in [1.82, 2.24) is 24.8 Å². The van der Waals surface area contributed by atoms with Crippen LogP contribution in [0.3, 0.4) is 0 Å². The molecule has 10 nitrogen and oxygen atoms in total. The normalized spacial score (nSPS) is 22.6. The highest BCUT2D eigenvalue weighted by molar-refractivity contribution is 7.18. The van der Waals surface area contributed by atoms with E-state index in [1.54, 1.807) is 13.2 Å². The van der Waals surface area contributed by atoms with E-state index in [0.29, 0.717) is 41.4 Å². The third kappa shape index (κ3) is 6.04. The number of carbonyl (C=O) groups is 1. The number of anilines is 1. The largest absolute Gasteiger partial charge is 0.496 e. The molecular weight excluding hydrogens is 607 g/mol. The van der Waals surface area contributed by atoms with Crippen LogP contribution in [-0.4, -0.2) is 76.5 Å². The average Bonchev–Trinajstić information content (AvgIpc) is 3.31. The summed E-state index contributed by atoms with van der Waals surface area (Å²) < 4.78 is 52.5. The number of rotatable bonds is 8. The number of nitrogens with one attached hydrogen (secondary N) is 2. The molecule has 7 rings (SSSR count). The van der Waals surface area contributed by atoms with Gasteiger partial charge in [0.15, 0.2) is 0 Å². The number of fused-ring (bicyclic) bond motifs is 2. The minimum atomic E-state index is -4.27. The van der Waals surface area contributed by atoms with Crippen LogP contribution in [0.15, 0.2) is 30.6 Å². The lowest BCUT2D eigenvalue weighted by molar-refractivity contribution is -0.135. The van der Waals surface area contributed by atoms with Gasteiger partial charge in [0, 0.05) is 66.6 Å². The zero-order valence-corrected chi connectivity index (χ0v) is 25.4. The maximum atomic E-state index is 12.9. The van der Waals surface area contributed by atoms with E-state index in [1.165, 1.54) is 6.33 Å². The number of thiophene rings is 1. The van der Waals surface area contributed by atoms with Crippen molar-refractivity contribution in [3.8, 4) is 11.8 Å². The third-order valence-corrected chi connectivity index (χ3v) is 10.2. The Balaban J connectivity index is 1.01. The maximum Gasteiger partial charge on any atom is 0.393 e. The van der Waals surface area contributed by atoms with Gasteiger partial charge in [-0.3, -0.25) is 9.69 Å². The van der Waals surface area contributed by atoms with Gasteiger partial charge in [0.1, 0.15) is 41.1 Å². The van der Waals surface area contributed by atoms with Crippen molar-refractivity contribution >= 4 is 44.2 Å². The van der Waals surface area contributed by atoms with Gasteiger partial charge in [0.05, 0.1) is 30.0 Å². The Kier molecular flexibility index (Phi) is 7.58. The molecule has 1 amide bonds. The zero-order chi connectivity index (χ0) is 31.3. The van der Waals surface area contributed by atoms with E-state index in [2.05, 4.69) is 37.6 Å². The van der Waals surface area contributed by atoms with E-state index in [0.717, 1.165) is 65.9 Å². The number of halogens is 3. The number of ether oxygens (including phenoxy) is 2. The fourth-order valence-electron chi connectivity index (χ4n) is 6.68. The van der Waals surface area contributed by atoms with Gasteiger partial charge >= 0.3 is 6.18 Å². The van der Waals surface area contributed by atoms with Gasteiger partial charge in [-0.05, 0) is 37.5 Å². The Labute approximate surface area is 261 Å². The second-order valence-corrected chi connectivity index (χ2v) is 13.3. The highest BCUT2D eigenvalue weighted by Gasteiger charge is 2.57. The molecule has 1 unspecified atom stereocenters. The first-order valence-corrected chi connectivity index (χ1v) is 15.7. The lowest BCUT2D eigenvalue weighted by Gasteiger charge is -2.33. The summed E-state index contributed by atoms with van der Waals surface area (Å²) in [4.78, 5) is 23.2. The molecule has 0 bridgehead atoms. The predicted molar refractivity (Wildman–Crippen MR) is 162 cm³/mol. The number of nitriles is 1. The lowest BCUT2D eigenvalue weighted by Crippen LogP contribution is -2.45. The highest BCUT2D eigenvalue weighted by Crippen LogP contribution is 2.49. The number of alkyl halides is 3. The molecule has 2 saturated heterocycles. The van der Waals surface area contributed by atoms with Gasteiger partial charge in [-0.15, -0.1) is 11.3 Å². The first-order chi connectivity index (χ1) is 21.6. The minimum Gasteiger partial charge on any atom is -0.496 e. The van der Waals surface area contributed by atoms with E-state index in [1.807, 2.05) is 16.7 Å². The summed E-state index contributed by atoms with van der Waals surface area (Å²) in [6, 6.07) is 10.0. The molecule has 14 heteroatoms. The number of morpholine rings is 1. The molecule has 1 spiro atoms. The van der Waals surface area contributed by atoms with Crippen molar-refractivity contribution < 1.29 is 27.4 Å².